The topological polar surface area (TPSA) is 125 Å². The van der Waals surface area contributed by atoms with E-state index in [1.165, 1.54) is 49.6 Å². The van der Waals surface area contributed by atoms with Crippen molar-refractivity contribution in [3.8, 4) is 17.1 Å². The minimum Gasteiger partial charge on any atom is -0.496 e. The summed E-state index contributed by atoms with van der Waals surface area (Å²) in [6, 6.07) is 9.54. The van der Waals surface area contributed by atoms with Gasteiger partial charge >= 0.3 is 0 Å². The molecule has 0 spiro atoms. The zero-order chi connectivity index (χ0) is 19.4. The van der Waals surface area contributed by atoms with Crippen LogP contribution < -0.4 is 10.1 Å². The molecule has 0 saturated heterocycles. The van der Waals surface area contributed by atoms with Crippen LogP contribution in [0.3, 0.4) is 0 Å². The molecule has 11 heteroatoms. The summed E-state index contributed by atoms with van der Waals surface area (Å²) in [7, 11) is 1.38. The maximum atomic E-state index is 13.0. The Morgan fingerprint density at radius 3 is 2.70 bits per heavy atom. The van der Waals surface area contributed by atoms with Crippen molar-refractivity contribution in [1.29, 1.82) is 0 Å². The summed E-state index contributed by atoms with van der Waals surface area (Å²) in [5.41, 5.74) is 0.250. The number of hydrogen-bond acceptors (Lipinski definition) is 7. The second kappa shape index (κ2) is 7.56. The second-order valence-corrected chi connectivity index (χ2v) is 5.34. The number of tetrazole rings is 1. The zero-order valence-corrected chi connectivity index (χ0v) is 14.0. The summed E-state index contributed by atoms with van der Waals surface area (Å²) in [5, 5.41) is 25.2. The molecule has 0 unspecified atom stereocenters. The number of halogens is 1. The molecule has 0 aliphatic carbocycles. The average Bonchev–Trinajstić information content (AvgIpc) is 3.10. The van der Waals surface area contributed by atoms with Crippen molar-refractivity contribution in [1.82, 2.24) is 20.2 Å². The number of anilines is 1. The van der Waals surface area contributed by atoms with Crippen LogP contribution in [0.25, 0.3) is 11.4 Å². The number of nitrogens with zero attached hydrogens (tertiary/aromatic N) is 5. The van der Waals surface area contributed by atoms with Gasteiger partial charge in [0.2, 0.25) is 11.7 Å². The minimum atomic E-state index is -0.626. The number of carbonyl (C=O) groups is 1. The molecule has 0 atom stereocenters. The molecule has 0 saturated carbocycles. The van der Waals surface area contributed by atoms with Crippen molar-refractivity contribution in [2.24, 2.45) is 0 Å². The van der Waals surface area contributed by atoms with E-state index in [2.05, 4.69) is 20.7 Å². The molecule has 0 fully saturated rings. The molecule has 0 radical (unpaired) electrons. The van der Waals surface area contributed by atoms with E-state index >= 15 is 0 Å². The summed E-state index contributed by atoms with van der Waals surface area (Å²) in [4.78, 5) is 23.7. The van der Waals surface area contributed by atoms with E-state index in [4.69, 9.17) is 4.74 Å². The molecule has 1 amide bonds. The largest absolute Gasteiger partial charge is 0.496 e. The van der Waals surface area contributed by atoms with Gasteiger partial charge < -0.3 is 10.1 Å². The third-order valence-electron chi connectivity index (χ3n) is 3.52. The van der Waals surface area contributed by atoms with Gasteiger partial charge in [-0.15, -0.1) is 10.2 Å². The minimum absolute atomic E-state index is 0.0182. The normalized spacial score (nSPS) is 10.4. The number of benzene rings is 2. The lowest BCUT2D eigenvalue weighted by molar-refractivity contribution is -0.384. The van der Waals surface area contributed by atoms with Gasteiger partial charge in [0.25, 0.3) is 5.69 Å². The fourth-order valence-corrected chi connectivity index (χ4v) is 2.24. The molecule has 1 aromatic heterocycles. The van der Waals surface area contributed by atoms with Crippen molar-refractivity contribution < 1.29 is 18.8 Å². The number of hydrogen-bond donors (Lipinski definition) is 1. The molecule has 0 aliphatic rings. The lowest BCUT2D eigenvalue weighted by atomic mass is 10.2. The summed E-state index contributed by atoms with van der Waals surface area (Å²) in [6.07, 6.45) is 0. The number of nitro groups is 1. The Morgan fingerprint density at radius 2 is 2.04 bits per heavy atom. The highest BCUT2D eigenvalue weighted by molar-refractivity contribution is 5.93. The quantitative estimate of drug-likeness (QED) is 0.518. The van der Waals surface area contributed by atoms with E-state index in [1.54, 1.807) is 0 Å². The highest BCUT2D eigenvalue weighted by Crippen LogP contribution is 2.28. The first-order valence-electron chi connectivity index (χ1n) is 7.62. The molecular weight excluding hydrogens is 359 g/mol. The fourth-order valence-electron chi connectivity index (χ4n) is 2.24. The lowest BCUT2D eigenvalue weighted by Crippen LogP contribution is -2.21. The van der Waals surface area contributed by atoms with Gasteiger partial charge in [-0.25, -0.2) is 4.39 Å². The van der Waals surface area contributed by atoms with Crippen molar-refractivity contribution in [2.75, 3.05) is 12.4 Å². The molecule has 10 nitrogen and oxygen atoms in total. The predicted molar refractivity (Wildman–Crippen MR) is 91.5 cm³/mol. The van der Waals surface area contributed by atoms with Crippen LogP contribution in [0.15, 0.2) is 42.5 Å². The van der Waals surface area contributed by atoms with Crippen LogP contribution in [0.4, 0.5) is 15.8 Å². The number of aromatic nitrogens is 4. The second-order valence-electron chi connectivity index (χ2n) is 5.34. The van der Waals surface area contributed by atoms with Gasteiger partial charge in [-0.1, -0.05) is 0 Å². The number of nitrogens with one attached hydrogen (secondary N) is 1. The van der Waals surface area contributed by atoms with Crippen LogP contribution in [-0.4, -0.2) is 38.1 Å². The number of amides is 1. The summed E-state index contributed by atoms with van der Waals surface area (Å²) in [6.45, 7) is -0.308. The van der Waals surface area contributed by atoms with Gasteiger partial charge in [-0.05, 0) is 41.6 Å². The number of methoxy groups -OCH3 is 1. The Kier molecular flexibility index (Phi) is 5.01. The third kappa shape index (κ3) is 4.21. The van der Waals surface area contributed by atoms with Gasteiger partial charge in [0, 0.05) is 5.56 Å². The molecule has 138 valence electrons. The standard InChI is InChI=1S/C16H13FN6O4/c1-27-12-6-7-13(14(8-12)23(25)26)18-15(24)9-22-20-16(19-21-22)10-2-4-11(17)5-3-10/h2-8H,9H2,1H3,(H,18,24). The first-order valence-corrected chi connectivity index (χ1v) is 7.62. The Balaban J connectivity index is 1.72. The van der Waals surface area contributed by atoms with Crippen molar-refractivity contribution in [2.45, 2.75) is 6.54 Å². The number of rotatable bonds is 6. The molecule has 3 aromatic rings. The smallest absolute Gasteiger partial charge is 0.296 e. The molecule has 3 rings (SSSR count). The first kappa shape index (κ1) is 17.9. The Labute approximate surface area is 151 Å². The van der Waals surface area contributed by atoms with Crippen LogP contribution in [0.2, 0.25) is 0 Å². The van der Waals surface area contributed by atoms with Gasteiger partial charge in [0.15, 0.2) is 0 Å². The lowest BCUT2D eigenvalue weighted by Gasteiger charge is -2.07. The van der Waals surface area contributed by atoms with Crippen molar-refractivity contribution in [3.05, 3.63) is 58.4 Å². The van der Waals surface area contributed by atoms with Crippen LogP contribution in [0.5, 0.6) is 5.75 Å². The highest BCUT2D eigenvalue weighted by atomic mass is 19.1. The van der Waals surface area contributed by atoms with Crippen LogP contribution in [0.1, 0.15) is 0 Å². The molecular formula is C16H13FN6O4. The maximum Gasteiger partial charge on any atom is 0.296 e. The fraction of sp³-hybridized carbons (Fsp3) is 0.125. The first-order chi connectivity index (χ1) is 13.0. The monoisotopic (exact) mass is 372 g/mol. The van der Waals surface area contributed by atoms with E-state index in [9.17, 15) is 19.3 Å². The zero-order valence-electron chi connectivity index (χ0n) is 14.0. The number of nitro benzene ring substituents is 1. The van der Waals surface area contributed by atoms with Gasteiger partial charge in [0.1, 0.15) is 23.8 Å². The molecule has 1 N–H and O–H groups in total. The van der Waals surface area contributed by atoms with Crippen molar-refractivity contribution >= 4 is 17.3 Å². The number of ether oxygens (including phenoxy) is 1. The Bertz CT molecular complexity index is 989. The predicted octanol–water partition coefficient (Wildman–Crippen LogP) is 2.03. The van der Waals surface area contributed by atoms with Gasteiger partial charge in [-0.2, -0.15) is 4.80 Å². The summed E-state index contributed by atoms with van der Waals surface area (Å²) in [5.74, 6) is -0.460. The molecule has 2 aromatic carbocycles. The van der Waals surface area contributed by atoms with Crippen molar-refractivity contribution in [3.63, 3.8) is 0 Å². The Morgan fingerprint density at radius 1 is 1.30 bits per heavy atom. The summed E-state index contributed by atoms with van der Waals surface area (Å²) < 4.78 is 17.9. The molecule has 1 heterocycles. The van der Waals surface area contributed by atoms with Gasteiger partial charge in [-0.3, -0.25) is 14.9 Å². The molecule has 0 aliphatic heterocycles. The Hall–Kier alpha value is -3.89. The SMILES string of the molecule is COc1ccc(NC(=O)Cn2nnc(-c3ccc(F)cc3)n2)c([N+](=O)[O-])c1. The van der Waals surface area contributed by atoms with Gasteiger partial charge in [0.05, 0.1) is 18.1 Å². The van der Waals surface area contributed by atoms with Crippen LogP contribution in [0, 0.1) is 15.9 Å². The molecule has 0 bridgehead atoms. The van der Waals surface area contributed by atoms with Crippen LogP contribution in [-0.2, 0) is 11.3 Å². The average molecular weight is 372 g/mol. The highest BCUT2D eigenvalue weighted by Gasteiger charge is 2.18. The van der Waals surface area contributed by atoms with E-state index in [0.29, 0.717) is 11.3 Å². The van der Waals surface area contributed by atoms with E-state index in [1.807, 2.05) is 0 Å². The van der Waals surface area contributed by atoms with E-state index in [-0.39, 0.29) is 23.7 Å². The molecule has 27 heavy (non-hydrogen) atoms. The number of carbonyl (C=O) groups excluding carboxylic acids is 1. The van der Waals surface area contributed by atoms with E-state index < -0.39 is 16.6 Å². The maximum absolute atomic E-state index is 13.0. The van der Waals surface area contributed by atoms with E-state index in [0.717, 1.165) is 4.80 Å². The summed E-state index contributed by atoms with van der Waals surface area (Å²) >= 11 is 0. The van der Waals surface area contributed by atoms with Crippen LogP contribution >= 0.6 is 0 Å². The third-order valence-corrected chi connectivity index (χ3v) is 3.52.